The van der Waals surface area contributed by atoms with E-state index in [2.05, 4.69) is 20.9 Å². The largest absolute Gasteiger partial charge is 0.392 e. The number of aliphatic hydroxyl groups excluding tert-OH is 1. The summed E-state index contributed by atoms with van der Waals surface area (Å²) < 4.78 is 0. The number of unbranched alkanes of at least 4 members (excludes halogenated alkanes) is 1. The predicted molar refractivity (Wildman–Crippen MR) is 170 cm³/mol. The molecule has 7 N–H and O–H groups in total. The number of para-hydroxylation sites is 1. The monoisotopic (exact) mass is 585 g/mol. The Morgan fingerprint density at radius 2 is 1.65 bits per heavy atom. The molecular formula is C34H43N5O4. The van der Waals surface area contributed by atoms with Gasteiger partial charge in [0, 0.05) is 42.7 Å². The fourth-order valence-corrected chi connectivity index (χ4v) is 5.29. The molecule has 0 bridgehead atoms. The molecule has 3 aromatic carbocycles. The third-order valence-electron chi connectivity index (χ3n) is 7.62. The molecule has 4 rings (SSSR count). The highest BCUT2D eigenvalue weighted by Gasteiger charge is 2.25. The summed E-state index contributed by atoms with van der Waals surface area (Å²) in [4.78, 5) is 42.6. The number of fused-ring (bicyclic) bond motifs is 2. The highest BCUT2D eigenvalue weighted by Crippen LogP contribution is 2.21. The van der Waals surface area contributed by atoms with Gasteiger partial charge >= 0.3 is 0 Å². The lowest BCUT2D eigenvalue weighted by Gasteiger charge is -2.23. The second-order valence-corrected chi connectivity index (χ2v) is 11.3. The van der Waals surface area contributed by atoms with Gasteiger partial charge in [0.15, 0.2) is 0 Å². The van der Waals surface area contributed by atoms with Gasteiger partial charge in [-0.15, -0.1) is 0 Å². The SMILES string of the molecule is C[C@@H](O)CNC(=O)C[C@H](CCCCN)NC(=O)[C@@H](CNC(=O)Cc1ccc2ccccc2c1)Cc1c[nH]c2ccccc12. The molecule has 1 aromatic heterocycles. The molecule has 0 unspecified atom stereocenters. The van der Waals surface area contributed by atoms with Crippen molar-refractivity contribution in [2.75, 3.05) is 19.6 Å². The number of carbonyl (C=O) groups excluding carboxylic acids is 3. The molecule has 0 saturated carbocycles. The van der Waals surface area contributed by atoms with Gasteiger partial charge in [0.2, 0.25) is 17.7 Å². The molecule has 4 aromatic rings. The Kier molecular flexibility index (Phi) is 11.7. The summed E-state index contributed by atoms with van der Waals surface area (Å²) in [6.07, 6.45) is 4.10. The lowest BCUT2D eigenvalue weighted by atomic mass is 9.96. The summed E-state index contributed by atoms with van der Waals surface area (Å²) in [7, 11) is 0. The van der Waals surface area contributed by atoms with E-state index in [1.165, 1.54) is 0 Å². The fraction of sp³-hybridized carbons (Fsp3) is 0.382. The fourth-order valence-electron chi connectivity index (χ4n) is 5.29. The predicted octanol–water partition coefficient (Wildman–Crippen LogP) is 3.34. The summed E-state index contributed by atoms with van der Waals surface area (Å²) >= 11 is 0. The molecule has 0 aliphatic rings. The number of aromatic amines is 1. The van der Waals surface area contributed by atoms with Crippen molar-refractivity contribution < 1.29 is 19.5 Å². The molecule has 3 amide bonds. The Hall–Kier alpha value is -4.21. The number of amides is 3. The van der Waals surface area contributed by atoms with Crippen molar-refractivity contribution in [2.24, 2.45) is 11.7 Å². The smallest absolute Gasteiger partial charge is 0.225 e. The number of nitrogens with one attached hydrogen (secondary N) is 4. The summed E-state index contributed by atoms with van der Waals surface area (Å²) in [6.45, 7) is 2.43. The number of nitrogens with two attached hydrogens (primary N) is 1. The average Bonchev–Trinajstić information content (AvgIpc) is 3.40. The van der Waals surface area contributed by atoms with Gasteiger partial charge in [-0.3, -0.25) is 14.4 Å². The second kappa shape index (κ2) is 15.9. The molecule has 0 aliphatic heterocycles. The second-order valence-electron chi connectivity index (χ2n) is 11.3. The van der Waals surface area contributed by atoms with Gasteiger partial charge in [-0.1, -0.05) is 67.1 Å². The first-order valence-corrected chi connectivity index (χ1v) is 15.1. The maximum Gasteiger partial charge on any atom is 0.225 e. The van der Waals surface area contributed by atoms with Gasteiger partial charge in [-0.2, -0.15) is 0 Å². The highest BCUT2D eigenvalue weighted by molar-refractivity contribution is 5.87. The molecule has 9 nitrogen and oxygen atoms in total. The van der Waals surface area contributed by atoms with Gasteiger partial charge in [0.25, 0.3) is 0 Å². The molecule has 0 aliphatic carbocycles. The van der Waals surface area contributed by atoms with Crippen LogP contribution in [0.2, 0.25) is 0 Å². The van der Waals surface area contributed by atoms with Crippen LogP contribution in [0.15, 0.2) is 72.9 Å². The number of aliphatic hydroxyl groups is 1. The summed E-state index contributed by atoms with van der Waals surface area (Å²) in [5.74, 6) is -1.19. The summed E-state index contributed by atoms with van der Waals surface area (Å²) in [5, 5.41) is 21.5. The van der Waals surface area contributed by atoms with Crippen LogP contribution >= 0.6 is 0 Å². The Morgan fingerprint density at radius 3 is 2.44 bits per heavy atom. The maximum absolute atomic E-state index is 13.7. The zero-order valence-corrected chi connectivity index (χ0v) is 24.8. The van der Waals surface area contributed by atoms with Crippen molar-refractivity contribution in [3.05, 3.63) is 84.1 Å². The number of hydrogen-bond acceptors (Lipinski definition) is 5. The molecule has 228 valence electrons. The quantitative estimate of drug-likeness (QED) is 0.112. The van der Waals surface area contributed by atoms with Gasteiger partial charge in [0.1, 0.15) is 0 Å². The van der Waals surface area contributed by atoms with Crippen LogP contribution in [0.25, 0.3) is 21.7 Å². The van der Waals surface area contributed by atoms with E-state index in [4.69, 9.17) is 5.73 Å². The van der Waals surface area contributed by atoms with E-state index in [9.17, 15) is 19.5 Å². The molecule has 0 saturated heterocycles. The van der Waals surface area contributed by atoms with Gasteiger partial charge in [0.05, 0.1) is 18.4 Å². The van der Waals surface area contributed by atoms with Gasteiger partial charge in [-0.25, -0.2) is 0 Å². The normalized spacial score (nSPS) is 13.4. The zero-order valence-electron chi connectivity index (χ0n) is 24.8. The van der Waals surface area contributed by atoms with Crippen LogP contribution in [-0.4, -0.2) is 59.6 Å². The third-order valence-corrected chi connectivity index (χ3v) is 7.62. The molecule has 0 fully saturated rings. The standard InChI is InChI=1S/C34H43N5O4/c1-23(40)20-37-33(42)19-29(10-6-7-15-35)39-34(43)28(18-27-21-36-31-12-5-4-11-30(27)31)22-38-32(41)17-24-13-14-25-8-2-3-9-26(25)16-24/h2-5,8-9,11-14,16,21,23,28-29,36,40H,6-7,10,15,17-20,22,35H2,1H3,(H,37,42)(H,38,41)(H,39,43)/t23-,28-,29+/m1/s1. The minimum Gasteiger partial charge on any atom is -0.392 e. The van der Waals surface area contributed by atoms with E-state index in [-0.39, 0.29) is 43.7 Å². The molecule has 0 radical (unpaired) electrons. The topological polar surface area (TPSA) is 149 Å². The summed E-state index contributed by atoms with van der Waals surface area (Å²) in [5.41, 5.74) is 8.54. The third kappa shape index (κ3) is 9.66. The van der Waals surface area contributed by atoms with Gasteiger partial charge in [-0.05, 0) is 60.7 Å². The van der Waals surface area contributed by atoms with Crippen LogP contribution in [-0.2, 0) is 27.2 Å². The van der Waals surface area contributed by atoms with Crippen LogP contribution in [0, 0.1) is 5.92 Å². The molecule has 3 atom stereocenters. The number of carbonyl (C=O) groups is 3. The number of benzene rings is 3. The first kappa shape index (κ1) is 31.7. The van der Waals surface area contributed by atoms with Gasteiger partial charge < -0.3 is 31.8 Å². The van der Waals surface area contributed by atoms with E-state index >= 15 is 0 Å². The Bertz CT molecular complexity index is 1520. The first-order valence-electron chi connectivity index (χ1n) is 15.1. The van der Waals surface area contributed by atoms with Crippen molar-refractivity contribution in [3.8, 4) is 0 Å². The van der Waals surface area contributed by atoms with Crippen LogP contribution in [0.1, 0.15) is 43.7 Å². The molecule has 0 spiro atoms. The van der Waals surface area contributed by atoms with E-state index in [0.717, 1.165) is 45.6 Å². The van der Waals surface area contributed by atoms with E-state index in [1.807, 2.05) is 72.9 Å². The lowest BCUT2D eigenvalue weighted by molar-refractivity contribution is -0.126. The van der Waals surface area contributed by atoms with Crippen LogP contribution in [0.5, 0.6) is 0 Å². The lowest BCUT2D eigenvalue weighted by Crippen LogP contribution is -2.46. The Labute approximate surface area is 252 Å². The van der Waals surface area contributed by atoms with Crippen molar-refractivity contribution in [1.82, 2.24) is 20.9 Å². The van der Waals surface area contributed by atoms with Crippen LogP contribution in [0.3, 0.4) is 0 Å². The molecule has 1 heterocycles. The zero-order chi connectivity index (χ0) is 30.6. The minimum atomic E-state index is -0.659. The van der Waals surface area contributed by atoms with Crippen molar-refractivity contribution in [3.63, 3.8) is 0 Å². The van der Waals surface area contributed by atoms with Crippen molar-refractivity contribution >= 4 is 39.4 Å². The maximum atomic E-state index is 13.7. The molecule has 43 heavy (non-hydrogen) atoms. The highest BCUT2D eigenvalue weighted by atomic mass is 16.3. The van der Waals surface area contributed by atoms with Crippen molar-refractivity contribution in [1.29, 1.82) is 0 Å². The summed E-state index contributed by atoms with van der Waals surface area (Å²) in [6, 6.07) is 21.5. The Morgan fingerprint density at radius 1 is 0.907 bits per heavy atom. The molecular weight excluding hydrogens is 542 g/mol. The van der Waals surface area contributed by atoms with E-state index in [0.29, 0.717) is 19.4 Å². The minimum absolute atomic E-state index is 0.0944. The number of rotatable bonds is 16. The number of aromatic nitrogens is 1. The van der Waals surface area contributed by atoms with E-state index in [1.54, 1.807) is 6.92 Å². The Balaban J connectivity index is 1.46. The number of H-pyrrole nitrogens is 1. The van der Waals surface area contributed by atoms with Crippen LogP contribution in [0.4, 0.5) is 0 Å². The van der Waals surface area contributed by atoms with E-state index < -0.39 is 18.1 Å². The average molecular weight is 586 g/mol. The molecule has 9 heteroatoms. The number of hydrogen-bond donors (Lipinski definition) is 6. The first-order chi connectivity index (χ1) is 20.8. The van der Waals surface area contributed by atoms with Crippen LogP contribution < -0.4 is 21.7 Å². The van der Waals surface area contributed by atoms with Crippen molar-refractivity contribution in [2.45, 2.75) is 57.6 Å².